The van der Waals surface area contributed by atoms with Crippen molar-refractivity contribution >= 4 is 5.96 Å². The van der Waals surface area contributed by atoms with Crippen LogP contribution in [0.4, 0.5) is 13.2 Å². The van der Waals surface area contributed by atoms with Crippen LogP contribution in [0.25, 0.3) is 0 Å². The summed E-state index contributed by atoms with van der Waals surface area (Å²) in [7, 11) is 3.72. The highest BCUT2D eigenvalue weighted by atomic mass is 19.4. The van der Waals surface area contributed by atoms with Gasteiger partial charge in [0.05, 0.1) is 12.1 Å². The molecular weight excluding hydrogens is 345 g/mol. The lowest BCUT2D eigenvalue weighted by Gasteiger charge is -2.18. The van der Waals surface area contributed by atoms with E-state index in [2.05, 4.69) is 20.5 Å². The van der Waals surface area contributed by atoms with Gasteiger partial charge in [-0.2, -0.15) is 13.2 Å². The molecule has 2 N–H and O–H groups in total. The molecule has 0 heterocycles. The quantitative estimate of drug-likeness (QED) is 0.376. The molecule has 26 heavy (non-hydrogen) atoms. The molecule has 0 aliphatic heterocycles. The normalized spacial score (nSPS) is 12.5. The number of methoxy groups -OCH3 is 1. The second kappa shape index (κ2) is 11.7. The van der Waals surface area contributed by atoms with E-state index in [0.717, 1.165) is 38.2 Å². The summed E-state index contributed by atoms with van der Waals surface area (Å²) >= 11 is 0. The van der Waals surface area contributed by atoms with Crippen LogP contribution in [0.3, 0.4) is 0 Å². The SMILES string of the molecule is CCNC(=NCc1cccc(C(F)(F)F)c1)NCCN(C)CCCOC. The fraction of sp³-hybridized carbons (Fsp3) is 0.611. The summed E-state index contributed by atoms with van der Waals surface area (Å²) < 4.78 is 43.3. The predicted molar refractivity (Wildman–Crippen MR) is 98.3 cm³/mol. The van der Waals surface area contributed by atoms with E-state index in [-0.39, 0.29) is 6.54 Å². The van der Waals surface area contributed by atoms with Crippen LogP contribution in [-0.2, 0) is 17.5 Å². The minimum absolute atomic E-state index is 0.183. The minimum Gasteiger partial charge on any atom is -0.385 e. The van der Waals surface area contributed by atoms with Gasteiger partial charge in [-0.1, -0.05) is 12.1 Å². The van der Waals surface area contributed by atoms with Crippen LogP contribution in [0.5, 0.6) is 0 Å². The Labute approximate surface area is 153 Å². The zero-order chi connectivity index (χ0) is 19.4. The molecule has 0 spiro atoms. The first-order chi connectivity index (χ1) is 12.4. The summed E-state index contributed by atoms with van der Waals surface area (Å²) in [6.07, 6.45) is -3.37. The minimum atomic E-state index is -4.34. The first kappa shape index (κ1) is 22.2. The van der Waals surface area contributed by atoms with Gasteiger partial charge in [0, 0.05) is 39.9 Å². The number of halogens is 3. The van der Waals surface area contributed by atoms with Crippen molar-refractivity contribution in [1.82, 2.24) is 15.5 Å². The lowest BCUT2D eigenvalue weighted by atomic mass is 10.1. The van der Waals surface area contributed by atoms with Gasteiger partial charge < -0.3 is 20.3 Å². The molecule has 0 aliphatic carbocycles. The van der Waals surface area contributed by atoms with Crippen LogP contribution in [-0.4, -0.2) is 57.8 Å². The Kier molecular flexibility index (Phi) is 10.0. The molecule has 0 amide bonds. The predicted octanol–water partition coefficient (Wildman–Crippen LogP) is 2.73. The molecule has 0 saturated carbocycles. The maximum Gasteiger partial charge on any atom is 0.416 e. The molecule has 0 bridgehead atoms. The molecule has 8 heteroatoms. The topological polar surface area (TPSA) is 48.9 Å². The number of guanidine groups is 1. The second-order valence-electron chi connectivity index (χ2n) is 5.97. The molecule has 1 rings (SSSR count). The Balaban J connectivity index is 2.53. The molecule has 0 radical (unpaired) electrons. The lowest BCUT2D eigenvalue weighted by Crippen LogP contribution is -2.41. The van der Waals surface area contributed by atoms with Gasteiger partial charge in [0.25, 0.3) is 0 Å². The molecule has 148 valence electrons. The molecule has 5 nitrogen and oxygen atoms in total. The highest BCUT2D eigenvalue weighted by Crippen LogP contribution is 2.29. The Morgan fingerprint density at radius 2 is 2.00 bits per heavy atom. The van der Waals surface area contributed by atoms with Crippen molar-refractivity contribution in [3.63, 3.8) is 0 Å². The zero-order valence-electron chi connectivity index (χ0n) is 15.7. The Morgan fingerprint density at radius 3 is 2.65 bits per heavy atom. The van der Waals surface area contributed by atoms with Crippen LogP contribution in [0, 0.1) is 0 Å². The maximum atomic E-state index is 12.8. The number of likely N-dealkylation sites (N-methyl/N-ethyl adjacent to an activating group) is 1. The fourth-order valence-electron chi connectivity index (χ4n) is 2.31. The summed E-state index contributed by atoms with van der Waals surface area (Å²) in [6.45, 7) is 6.00. The molecule has 1 aromatic carbocycles. The number of aliphatic imine (C=N–C) groups is 1. The van der Waals surface area contributed by atoms with Crippen molar-refractivity contribution in [2.45, 2.75) is 26.1 Å². The van der Waals surface area contributed by atoms with E-state index in [0.29, 0.717) is 24.6 Å². The lowest BCUT2D eigenvalue weighted by molar-refractivity contribution is -0.137. The van der Waals surface area contributed by atoms with Gasteiger partial charge in [0.15, 0.2) is 5.96 Å². The van der Waals surface area contributed by atoms with E-state index in [1.54, 1.807) is 13.2 Å². The van der Waals surface area contributed by atoms with E-state index >= 15 is 0 Å². The highest BCUT2D eigenvalue weighted by molar-refractivity contribution is 5.79. The van der Waals surface area contributed by atoms with E-state index in [4.69, 9.17) is 4.74 Å². The van der Waals surface area contributed by atoms with Crippen LogP contribution in [0.1, 0.15) is 24.5 Å². The molecule has 0 atom stereocenters. The molecule has 1 aromatic rings. The van der Waals surface area contributed by atoms with Crippen molar-refractivity contribution in [2.24, 2.45) is 4.99 Å². The van der Waals surface area contributed by atoms with E-state index in [1.807, 2.05) is 14.0 Å². The number of nitrogens with zero attached hydrogens (tertiary/aromatic N) is 2. The highest BCUT2D eigenvalue weighted by Gasteiger charge is 2.30. The van der Waals surface area contributed by atoms with E-state index in [9.17, 15) is 13.2 Å². The molecule has 0 aliphatic rings. The number of hydrogen-bond acceptors (Lipinski definition) is 3. The van der Waals surface area contributed by atoms with Crippen LogP contribution >= 0.6 is 0 Å². The van der Waals surface area contributed by atoms with Gasteiger partial charge in [-0.05, 0) is 38.1 Å². The summed E-state index contributed by atoms with van der Waals surface area (Å²) in [4.78, 5) is 6.55. The number of hydrogen-bond donors (Lipinski definition) is 2. The van der Waals surface area contributed by atoms with Crippen molar-refractivity contribution in [2.75, 3.05) is 46.9 Å². The maximum absolute atomic E-state index is 12.8. The van der Waals surface area contributed by atoms with Gasteiger partial charge in [0.2, 0.25) is 0 Å². The molecule has 0 saturated heterocycles. The summed E-state index contributed by atoms with van der Waals surface area (Å²) in [5.74, 6) is 0.593. The molecular formula is C18H29F3N4O. The van der Waals surface area contributed by atoms with Crippen molar-refractivity contribution in [3.05, 3.63) is 35.4 Å². The van der Waals surface area contributed by atoms with Gasteiger partial charge in [-0.25, -0.2) is 4.99 Å². The standard InChI is InChI=1S/C18H29F3N4O/c1-4-22-17(23-9-11-25(2)10-6-12-26-3)24-14-15-7-5-8-16(13-15)18(19,20)21/h5,7-8,13H,4,6,9-12,14H2,1-3H3,(H2,22,23,24). The summed E-state index contributed by atoms with van der Waals surface area (Å²) in [5.41, 5.74) is -0.130. The number of benzene rings is 1. The average molecular weight is 374 g/mol. The molecule has 0 fully saturated rings. The molecule has 0 aromatic heterocycles. The summed E-state index contributed by atoms with van der Waals surface area (Å²) in [5, 5.41) is 6.30. The van der Waals surface area contributed by atoms with Gasteiger partial charge in [-0.3, -0.25) is 0 Å². The number of nitrogens with one attached hydrogen (secondary N) is 2. The third-order valence-electron chi connectivity index (χ3n) is 3.69. The third-order valence-corrected chi connectivity index (χ3v) is 3.69. The third kappa shape index (κ3) is 9.05. The van der Waals surface area contributed by atoms with Crippen LogP contribution in [0.2, 0.25) is 0 Å². The van der Waals surface area contributed by atoms with Crippen LogP contribution in [0.15, 0.2) is 29.3 Å². The second-order valence-corrected chi connectivity index (χ2v) is 5.97. The van der Waals surface area contributed by atoms with E-state index < -0.39 is 11.7 Å². The van der Waals surface area contributed by atoms with Crippen molar-refractivity contribution < 1.29 is 17.9 Å². The monoisotopic (exact) mass is 374 g/mol. The van der Waals surface area contributed by atoms with Gasteiger partial charge in [-0.15, -0.1) is 0 Å². The van der Waals surface area contributed by atoms with Gasteiger partial charge >= 0.3 is 6.18 Å². The number of rotatable bonds is 10. The molecule has 0 unspecified atom stereocenters. The Morgan fingerprint density at radius 1 is 1.23 bits per heavy atom. The Hall–Kier alpha value is -1.80. The average Bonchev–Trinajstić information content (AvgIpc) is 2.59. The van der Waals surface area contributed by atoms with Crippen molar-refractivity contribution in [3.8, 4) is 0 Å². The van der Waals surface area contributed by atoms with Gasteiger partial charge in [0.1, 0.15) is 0 Å². The zero-order valence-corrected chi connectivity index (χ0v) is 15.7. The first-order valence-corrected chi connectivity index (χ1v) is 8.72. The van der Waals surface area contributed by atoms with E-state index in [1.165, 1.54) is 6.07 Å². The smallest absolute Gasteiger partial charge is 0.385 e. The fourth-order valence-corrected chi connectivity index (χ4v) is 2.31. The van der Waals surface area contributed by atoms with Crippen molar-refractivity contribution in [1.29, 1.82) is 0 Å². The Bertz CT molecular complexity index is 549. The summed E-state index contributed by atoms with van der Waals surface area (Å²) in [6, 6.07) is 5.25. The number of ether oxygens (including phenoxy) is 1. The largest absolute Gasteiger partial charge is 0.416 e. The number of alkyl halides is 3. The first-order valence-electron chi connectivity index (χ1n) is 8.72. The van der Waals surface area contributed by atoms with Crippen LogP contribution < -0.4 is 10.6 Å².